The summed E-state index contributed by atoms with van der Waals surface area (Å²) in [6, 6.07) is 0.312. The normalized spacial score (nSPS) is 24.8. The van der Waals surface area contributed by atoms with Crippen LogP contribution in [0.5, 0.6) is 0 Å². The second kappa shape index (κ2) is 7.01. The molecule has 0 aromatic carbocycles. The molecule has 0 amide bonds. The Morgan fingerprint density at radius 3 is 2.95 bits per heavy atom. The van der Waals surface area contributed by atoms with E-state index in [1.54, 1.807) is 0 Å². The van der Waals surface area contributed by atoms with Crippen molar-refractivity contribution in [2.75, 3.05) is 13.2 Å². The summed E-state index contributed by atoms with van der Waals surface area (Å²) in [5.74, 6) is 0.524. The van der Waals surface area contributed by atoms with Crippen LogP contribution < -0.4 is 5.32 Å². The van der Waals surface area contributed by atoms with Crippen molar-refractivity contribution in [3.05, 3.63) is 11.9 Å². The molecule has 1 aromatic heterocycles. The average molecular weight is 266 g/mol. The molecule has 5 nitrogen and oxygen atoms in total. The molecular formula is C14H26N4O. The maximum absolute atomic E-state index is 5.73. The highest BCUT2D eigenvalue weighted by Crippen LogP contribution is 2.31. The number of rotatable bonds is 7. The highest BCUT2D eigenvalue weighted by molar-refractivity contribution is 5.05. The van der Waals surface area contributed by atoms with Crippen molar-refractivity contribution in [3.63, 3.8) is 0 Å². The molecule has 0 aliphatic carbocycles. The van der Waals surface area contributed by atoms with Gasteiger partial charge in [0.1, 0.15) is 0 Å². The number of hydrogen-bond donors (Lipinski definition) is 1. The van der Waals surface area contributed by atoms with Gasteiger partial charge < -0.3 is 10.1 Å². The van der Waals surface area contributed by atoms with Crippen molar-refractivity contribution in [3.8, 4) is 0 Å². The third-order valence-corrected chi connectivity index (χ3v) is 3.72. The summed E-state index contributed by atoms with van der Waals surface area (Å²) in [6.45, 7) is 9.30. The van der Waals surface area contributed by atoms with Crippen molar-refractivity contribution in [2.45, 2.75) is 58.7 Å². The van der Waals surface area contributed by atoms with Gasteiger partial charge >= 0.3 is 0 Å². The standard InChI is InChI=1S/C14H26N4O/c1-4-6-15-14(12-8-11(3)19-10-12)13-9-16-17-18(13)7-5-2/h9,11-12,14-15H,4-8,10H2,1-3H3. The Labute approximate surface area is 115 Å². The third kappa shape index (κ3) is 3.54. The number of aryl methyl sites for hydroxylation is 1. The topological polar surface area (TPSA) is 52.0 Å². The van der Waals surface area contributed by atoms with Crippen molar-refractivity contribution >= 4 is 0 Å². The van der Waals surface area contributed by atoms with Gasteiger partial charge in [-0.3, -0.25) is 0 Å². The minimum Gasteiger partial charge on any atom is -0.378 e. The smallest absolute Gasteiger partial charge is 0.0760 e. The summed E-state index contributed by atoms with van der Waals surface area (Å²) >= 11 is 0. The fraction of sp³-hybridized carbons (Fsp3) is 0.857. The van der Waals surface area contributed by atoms with Crippen LogP contribution in [0.15, 0.2) is 6.20 Å². The van der Waals surface area contributed by atoms with Crippen molar-refractivity contribution in [1.29, 1.82) is 0 Å². The summed E-state index contributed by atoms with van der Waals surface area (Å²) in [5.41, 5.74) is 1.21. The summed E-state index contributed by atoms with van der Waals surface area (Å²) in [7, 11) is 0. The van der Waals surface area contributed by atoms with Crippen LogP contribution in [0.2, 0.25) is 0 Å². The number of ether oxygens (including phenoxy) is 1. The van der Waals surface area contributed by atoms with Gasteiger partial charge in [0.2, 0.25) is 0 Å². The zero-order valence-corrected chi connectivity index (χ0v) is 12.3. The number of nitrogens with zero attached hydrogens (tertiary/aromatic N) is 3. The second-order valence-electron chi connectivity index (χ2n) is 5.45. The molecule has 2 heterocycles. The molecule has 19 heavy (non-hydrogen) atoms. The van der Waals surface area contributed by atoms with Crippen molar-refractivity contribution in [1.82, 2.24) is 20.3 Å². The van der Waals surface area contributed by atoms with Crippen LogP contribution in [0.3, 0.4) is 0 Å². The van der Waals surface area contributed by atoms with Gasteiger partial charge in [0.05, 0.1) is 30.6 Å². The van der Waals surface area contributed by atoms with Crippen LogP contribution in [-0.2, 0) is 11.3 Å². The van der Waals surface area contributed by atoms with Gasteiger partial charge in [0, 0.05) is 12.5 Å². The molecule has 0 saturated carbocycles. The minimum absolute atomic E-state index is 0.312. The highest BCUT2D eigenvalue weighted by Gasteiger charge is 2.32. The van der Waals surface area contributed by atoms with Crippen LogP contribution >= 0.6 is 0 Å². The molecule has 0 spiro atoms. The molecule has 1 fully saturated rings. The molecule has 5 heteroatoms. The quantitative estimate of drug-likeness (QED) is 0.821. The van der Waals surface area contributed by atoms with Crippen LogP contribution in [-0.4, -0.2) is 34.2 Å². The number of nitrogens with one attached hydrogen (secondary N) is 1. The molecular weight excluding hydrogens is 240 g/mol. The first-order valence-electron chi connectivity index (χ1n) is 7.49. The Morgan fingerprint density at radius 1 is 1.47 bits per heavy atom. The number of aromatic nitrogens is 3. The number of hydrogen-bond acceptors (Lipinski definition) is 4. The van der Waals surface area contributed by atoms with Gasteiger partial charge in [-0.25, -0.2) is 4.68 Å². The average Bonchev–Trinajstić information content (AvgIpc) is 3.01. The predicted octanol–water partition coefficient (Wildman–Crippen LogP) is 2.15. The zero-order valence-electron chi connectivity index (χ0n) is 12.3. The Balaban J connectivity index is 2.13. The lowest BCUT2D eigenvalue weighted by Gasteiger charge is -2.24. The third-order valence-electron chi connectivity index (χ3n) is 3.72. The molecule has 3 atom stereocenters. The van der Waals surface area contributed by atoms with Gasteiger partial charge in [0.25, 0.3) is 0 Å². The van der Waals surface area contributed by atoms with E-state index in [1.165, 1.54) is 5.69 Å². The van der Waals surface area contributed by atoms with E-state index < -0.39 is 0 Å². The van der Waals surface area contributed by atoms with Gasteiger partial charge in [-0.1, -0.05) is 19.1 Å². The lowest BCUT2D eigenvalue weighted by Crippen LogP contribution is -2.31. The first-order valence-corrected chi connectivity index (χ1v) is 7.49. The van der Waals surface area contributed by atoms with Crippen LogP contribution in [0.4, 0.5) is 0 Å². The van der Waals surface area contributed by atoms with Crippen molar-refractivity contribution < 1.29 is 4.74 Å². The lowest BCUT2D eigenvalue weighted by molar-refractivity contribution is 0.116. The molecule has 2 rings (SSSR count). The van der Waals surface area contributed by atoms with E-state index in [4.69, 9.17) is 4.74 Å². The van der Waals surface area contributed by atoms with E-state index in [0.29, 0.717) is 18.1 Å². The van der Waals surface area contributed by atoms with E-state index in [2.05, 4.69) is 36.4 Å². The molecule has 0 radical (unpaired) electrons. The summed E-state index contributed by atoms with van der Waals surface area (Å²) in [6.07, 6.45) is 5.60. The van der Waals surface area contributed by atoms with E-state index in [9.17, 15) is 0 Å². The Hall–Kier alpha value is -0.940. The van der Waals surface area contributed by atoms with Crippen LogP contribution in [0.25, 0.3) is 0 Å². The van der Waals surface area contributed by atoms with E-state index in [1.807, 2.05) is 10.9 Å². The Morgan fingerprint density at radius 2 is 2.32 bits per heavy atom. The highest BCUT2D eigenvalue weighted by atomic mass is 16.5. The van der Waals surface area contributed by atoms with Crippen LogP contribution in [0, 0.1) is 5.92 Å². The molecule has 1 aliphatic rings. The van der Waals surface area contributed by atoms with E-state index >= 15 is 0 Å². The zero-order chi connectivity index (χ0) is 13.7. The van der Waals surface area contributed by atoms with Gasteiger partial charge in [-0.15, -0.1) is 5.10 Å². The maximum atomic E-state index is 5.73. The summed E-state index contributed by atoms with van der Waals surface area (Å²) in [4.78, 5) is 0. The van der Waals surface area contributed by atoms with Gasteiger partial charge in [0.15, 0.2) is 0 Å². The minimum atomic E-state index is 0.312. The summed E-state index contributed by atoms with van der Waals surface area (Å²) < 4.78 is 7.77. The molecule has 1 saturated heterocycles. The fourth-order valence-electron chi connectivity index (χ4n) is 2.79. The largest absolute Gasteiger partial charge is 0.378 e. The molecule has 1 N–H and O–H groups in total. The first kappa shape index (κ1) is 14.5. The van der Waals surface area contributed by atoms with Crippen LogP contribution in [0.1, 0.15) is 51.8 Å². The van der Waals surface area contributed by atoms with E-state index in [0.717, 1.165) is 39.0 Å². The lowest BCUT2D eigenvalue weighted by atomic mass is 9.94. The van der Waals surface area contributed by atoms with Gasteiger partial charge in [-0.2, -0.15) is 0 Å². The monoisotopic (exact) mass is 266 g/mol. The predicted molar refractivity (Wildman–Crippen MR) is 74.9 cm³/mol. The molecule has 1 aliphatic heterocycles. The summed E-state index contributed by atoms with van der Waals surface area (Å²) in [5, 5.41) is 12.0. The molecule has 1 aromatic rings. The van der Waals surface area contributed by atoms with E-state index in [-0.39, 0.29) is 0 Å². The Kier molecular flexibility index (Phi) is 5.34. The molecule has 3 unspecified atom stereocenters. The first-order chi connectivity index (χ1) is 9.26. The SMILES string of the molecule is CCCNC(c1cnnn1CCC)C1COC(C)C1. The maximum Gasteiger partial charge on any atom is 0.0760 e. The fourth-order valence-corrected chi connectivity index (χ4v) is 2.79. The van der Waals surface area contributed by atoms with Crippen molar-refractivity contribution in [2.24, 2.45) is 5.92 Å². The molecule has 108 valence electrons. The molecule has 0 bridgehead atoms. The van der Waals surface area contributed by atoms with Gasteiger partial charge in [-0.05, 0) is 32.7 Å². The second-order valence-corrected chi connectivity index (χ2v) is 5.45. The Bertz CT molecular complexity index is 379.